The zero-order chi connectivity index (χ0) is 9.47. The molecule has 0 amide bonds. The normalized spacial score (nSPS) is 12.1. The molecule has 0 atom stereocenters. The SMILES string of the molecule is CS(=O)(=O)c1ccn2nccc2n1. The Bertz CT molecular complexity index is 544. The van der Waals surface area contributed by atoms with Crippen LogP contribution in [0.2, 0.25) is 0 Å². The molecule has 0 aromatic carbocycles. The molecule has 0 bridgehead atoms. The molecule has 2 rings (SSSR count). The van der Waals surface area contributed by atoms with Gasteiger partial charge in [0, 0.05) is 18.5 Å². The molecular formula is C7H7N3O2S. The largest absolute Gasteiger partial charge is 0.223 e. The number of fused-ring (bicyclic) bond motifs is 1. The Morgan fingerprint density at radius 1 is 1.38 bits per heavy atom. The predicted octanol–water partition coefficient (Wildman–Crippen LogP) is 0.133. The van der Waals surface area contributed by atoms with E-state index < -0.39 is 9.84 Å². The summed E-state index contributed by atoms with van der Waals surface area (Å²) in [4.78, 5) is 3.92. The van der Waals surface area contributed by atoms with Crippen molar-refractivity contribution in [2.45, 2.75) is 5.03 Å². The minimum absolute atomic E-state index is 0.0699. The van der Waals surface area contributed by atoms with Gasteiger partial charge in [0.2, 0.25) is 0 Å². The number of aromatic nitrogens is 3. The third-order valence-corrected chi connectivity index (χ3v) is 2.60. The number of hydrogen-bond donors (Lipinski definition) is 0. The molecule has 0 radical (unpaired) electrons. The molecule has 5 nitrogen and oxygen atoms in total. The third-order valence-electron chi connectivity index (χ3n) is 1.61. The van der Waals surface area contributed by atoms with Gasteiger partial charge < -0.3 is 0 Å². The monoisotopic (exact) mass is 197 g/mol. The lowest BCUT2D eigenvalue weighted by molar-refractivity contribution is 0.598. The van der Waals surface area contributed by atoms with Crippen molar-refractivity contribution in [3.63, 3.8) is 0 Å². The van der Waals surface area contributed by atoms with Crippen LogP contribution in [0.3, 0.4) is 0 Å². The minimum Gasteiger partial charge on any atom is -0.223 e. The van der Waals surface area contributed by atoms with Gasteiger partial charge in [-0.05, 0) is 6.07 Å². The van der Waals surface area contributed by atoms with Gasteiger partial charge in [-0.25, -0.2) is 17.9 Å². The molecule has 0 saturated heterocycles. The molecule has 2 aromatic heterocycles. The fraction of sp³-hybridized carbons (Fsp3) is 0.143. The van der Waals surface area contributed by atoms with E-state index in [1.54, 1.807) is 18.5 Å². The summed E-state index contributed by atoms with van der Waals surface area (Å²) < 4.78 is 23.7. The molecule has 0 aliphatic rings. The van der Waals surface area contributed by atoms with Crippen molar-refractivity contribution in [1.82, 2.24) is 14.6 Å². The first kappa shape index (κ1) is 8.18. The number of rotatable bonds is 1. The lowest BCUT2D eigenvalue weighted by atomic mass is 10.6. The van der Waals surface area contributed by atoms with E-state index in [0.717, 1.165) is 6.26 Å². The summed E-state index contributed by atoms with van der Waals surface area (Å²) in [5.74, 6) is 0. The van der Waals surface area contributed by atoms with Gasteiger partial charge in [0.1, 0.15) is 0 Å². The van der Waals surface area contributed by atoms with E-state index in [4.69, 9.17) is 0 Å². The van der Waals surface area contributed by atoms with Crippen LogP contribution < -0.4 is 0 Å². The number of hydrogen-bond acceptors (Lipinski definition) is 4. The van der Waals surface area contributed by atoms with Crippen LogP contribution in [0.5, 0.6) is 0 Å². The fourth-order valence-electron chi connectivity index (χ4n) is 1.00. The summed E-state index contributed by atoms with van der Waals surface area (Å²) in [5, 5.41) is 3.97. The van der Waals surface area contributed by atoms with Gasteiger partial charge in [-0.1, -0.05) is 0 Å². The van der Waals surface area contributed by atoms with Crippen molar-refractivity contribution in [2.24, 2.45) is 0 Å². The Hall–Kier alpha value is -1.43. The molecule has 0 spiro atoms. The van der Waals surface area contributed by atoms with Crippen LogP contribution in [0.25, 0.3) is 5.65 Å². The topological polar surface area (TPSA) is 64.3 Å². The molecule has 0 aliphatic heterocycles. The van der Waals surface area contributed by atoms with Gasteiger partial charge in [0.25, 0.3) is 0 Å². The highest BCUT2D eigenvalue weighted by atomic mass is 32.2. The van der Waals surface area contributed by atoms with Crippen LogP contribution in [0, 0.1) is 0 Å². The molecule has 0 unspecified atom stereocenters. The van der Waals surface area contributed by atoms with E-state index in [2.05, 4.69) is 10.1 Å². The van der Waals surface area contributed by atoms with Crippen LogP contribution in [-0.2, 0) is 9.84 Å². The van der Waals surface area contributed by atoms with E-state index in [-0.39, 0.29) is 5.03 Å². The molecule has 0 aliphatic carbocycles. The van der Waals surface area contributed by atoms with Crippen molar-refractivity contribution in [2.75, 3.05) is 6.26 Å². The molecule has 2 heterocycles. The first-order valence-electron chi connectivity index (χ1n) is 3.58. The molecular weight excluding hydrogens is 190 g/mol. The lowest BCUT2D eigenvalue weighted by Crippen LogP contribution is -2.02. The molecule has 6 heteroatoms. The second-order valence-electron chi connectivity index (χ2n) is 2.67. The quantitative estimate of drug-likeness (QED) is 0.610. The first-order valence-corrected chi connectivity index (χ1v) is 5.47. The summed E-state index contributed by atoms with van der Waals surface area (Å²) in [6, 6.07) is 3.07. The van der Waals surface area contributed by atoms with Gasteiger partial charge in [-0.2, -0.15) is 5.10 Å². The van der Waals surface area contributed by atoms with E-state index in [9.17, 15) is 8.42 Å². The van der Waals surface area contributed by atoms with Gasteiger partial charge in [0.15, 0.2) is 20.5 Å². The van der Waals surface area contributed by atoms with Crippen molar-refractivity contribution in [3.8, 4) is 0 Å². The van der Waals surface area contributed by atoms with Crippen LogP contribution in [0.1, 0.15) is 0 Å². The average molecular weight is 197 g/mol. The molecule has 0 N–H and O–H groups in total. The Balaban J connectivity index is 2.75. The highest BCUT2D eigenvalue weighted by Gasteiger charge is 2.08. The van der Waals surface area contributed by atoms with E-state index in [0.29, 0.717) is 5.65 Å². The second kappa shape index (κ2) is 2.53. The van der Waals surface area contributed by atoms with E-state index >= 15 is 0 Å². The smallest absolute Gasteiger partial charge is 0.192 e. The summed E-state index contributed by atoms with van der Waals surface area (Å²) >= 11 is 0. The minimum atomic E-state index is -3.22. The molecule has 0 fully saturated rings. The zero-order valence-corrected chi connectivity index (χ0v) is 7.69. The van der Waals surface area contributed by atoms with Crippen molar-refractivity contribution < 1.29 is 8.42 Å². The summed E-state index contributed by atoms with van der Waals surface area (Å²) in [6.45, 7) is 0. The van der Waals surface area contributed by atoms with Crippen molar-refractivity contribution in [1.29, 1.82) is 0 Å². The van der Waals surface area contributed by atoms with Gasteiger partial charge in [-0.3, -0.25) is 0 Å². The Morgan fingerprint density at radius 3 is 2.85 bits per heavy atom. The molecule has 2 aromatic rings. The summed E-state index contributed by atoms with van der Waals surface area (Å²) in [7, 11) is -3.22. The maximum atomic E-state index is 11.1. The summed E-state index contributed by atoms with van der Waals surface area (Å²) in [6.07, 6.45) is 4.26. The standard InChI is InChI=1S/C7H7N3O2S/c1-13(11,12)7-3-5-10-6(9-7)2-4-8-10/h2-5H,1H3. The third kappa shape index (κ3) is 1.40. The second-order valence-corrected chi connectivity index (χ2v) is 4.63. The van der Waals surface area contributed by atoms with Gasteiger partial charge in [-0.15, -0.1) is 0 Å². The Kier molecular flexibility index (Phi) is 1.59. The zero-order valence-electron chi connectivity index (χ0n) is 6.88. The van der Waals surface area contributed by atoms with Gasteiger partial charge >= 0.3 is 0 Å². The van der Waals surface area contributed by atoms with Gasteiger partial charge in [0.05, 0.1) is 6.20 Å². The predicted molar refractivity (Wildman–Crippen MR) is 46.1 cm³/mol. The van der Waals surface area contributed by atoms with Crippen molar-refractivity contribution >= 4 is 15.5 Å². The maximum Gasteiger partial charge on any atom is 0.192 e. The highest BCUT2D eigenvalue weighted by molar-refractivity contribution is 7.90. The van der Waals surface area contributed by atoms with E-state index in [1.165, 1.54) is 10.6 Å². The summed E-state index contributed by atoms with van der Waals surface area (Å²) in [5.41, 5.74) is 0.530. The molecule has 68 valence electrons. The molecule has 0 saturated carbocycles. The number of sulfone groups is 1. The average Bonchev–Trinajstić information content (AvgIpc) is 2.47. The van der Waals surface area contributed by atoms with Crippen LogP contribution in [0.4, 0.5) is 0 Å². The lowest BCUT2D eigenvalue weighted by Gasteiger charge is -1.96. The van der Waals surface area contributed by atoms with Crippen molar-refractivity contribution in [3.05, 3.63) is 24.5 Å². The Morgan fingerprint density at radius 2 is 2.15 bits per heavy atom. The fourth-order valence-corrected chi connectivity index (χ4v) is 1.57. The first-order chi connectivity index (χ1) is 6.07. The van der Waals surface area contributed by atoms with Crippen LogP contribution in [0.15, 0.2) is 29.6 Å². The molecule has 13 heavy (non-hydrogen) atoms. The van der Waals surface area contributed by atoms with Crippen LogP contribution in [-0.4, -0.2) is 29.3 Å². The van der Waals surface area contributed by atoms with Crippen LogP contribution >= 0.6 is 0 Å². The number of nitrogens with zero attached hydrogens (tertiary/aromatic N) is 3. The maximum absolute atomic E-state index is 11.1. The highest BCUT2D eigenvalue weighted by Crippen LogP contribution is 2.06. The van der Waals surface area contributed by atoms with E-state index in [1.807, 2.05) is 0 Å². The Labute approximate surface area is 74.9 Å².